The lowest BCUT2D eigenvalue weighted by Crippen LogP contribution is -2.50. The van der Waals surface area contributed by atoms with Crippen LogP contribution in [0.15, 0.2) is 0 Å². The summed E-state index contributed by atoms with van der Waals surface area (Å²) in [5, 5.41) is 59.2. The van der Waals surface area contributed by atoms with E-state index in [1.54, 1.807) is 6.92 Å². The second kappa shape index (κ2) is 57.2. The average Bonchev–Trinajstić information content (AvgIpc) is 3.61. The number of nitrogens with two attached hydrogens (primary N) is 1. The van der Waals surface area contributed by atoms with E-state index in [-0.39, 0.29) is 126 Å². The van der Waals surface area contributed by atoms with E-state index >= 15 is 0 Å². The van der Waals surface area contributed by atoms with E-state index in [0.717, 1.165) is 44.9 Å². The number of carbonyl (C=O) groups is 12. The molecule has 0 heterocycles. The van der Waals surface area contributed by atoms with Crippen molar-refractivity contribution in [1.82, 2.24) is 26.6 Å². The molecule has 0 aliphatic heterocycles. The molecule has 0 aromatic carbocycles. The number of rotatable bonds is 61. The third kappa shape index (κ3) is 52.5. The molecule has 514 valence electrons. The fourth-order valence-electron chi connectivity index (χ4n) is 9.13. The van der Waals surface area contributed by atoms with Crippen molar-refractivity contribution in [3.8, 4) is 0 Å². The number of primary amides is 1. The van der Waals surface area contributed by atoms with Gasteiger partial charge in [0.1, 0.15) is 42.9 Å². The highest BCUT2D eigenvalue weighted by atomic mass is 16.5. The van der Waals surface area contributed by atoms with Crippen LogP contribution in [0.25, 0.3) is 0 Å². The molecule has 0 saturated carbocycles. The van der Waals surface area contributed by atoms with E-state index in [9.17, 15) is 78.0 Å². The number of unbranched alkanes of at least 4 members (excludes halogenated alkanes) is 14. The number of hydrogen-bond donors (Lipinski definition) is 11. The van der Waals surface area contributed by atoms with E-state index in [0.29, 0.717) is 84.5 Å². The molecule has 0 aliphatic rings. The second-order valence-corrected chi connectivity index (χ2v) is 22.1. The molecule has 27 nitrogen and oxygen atoms in total. The minimum Gasteiger partial charge on any atom is -0.481 e. The topological polar surface area (TPSA) is 429 Å². The lowest BCUT2D eigenvalue weighted by atomic mass is 9.94. The molecule has 0 saturated heterocycles. The van der Waals surface area contributed by atoms with Gasteiger partial charge >= 0.3 is 23.9 Å². The number of carboxylic acids is 4. The molecule has 5 amide bonds. The second-order valence-electron chi connectivity index (χ2n) is 22.1. The molecule has 0 spiro atoms. The number of amides is 5. The van der Waals surface area contributed by atoms with Crippen molar-refractivity contribution in [2.75, 3.05) is 72.5 Å². The quantitative estimate of drug-likeness (QED) is 0.0367. The van der Waals surface area contributed by atoms with Crippen LogP contribution in [0.4, 0.5) is 0 Å². The van der Waals surface area contributed by atoms with Gasteiger partial charge in [-0.25, -0.2) is 9.59 Å². The first kappa shape index (κ1) is 85.1. The maximum absolute atomic E-state index is 12.5. The number of nitrogens with one attached hydrogen (secondary N) is 5. The smallest absolute Gasteiger partial charge is 0.326 e. The van der Waals surface area contributed by atoms with Crippen LogP contribution >= 0.6 is 0 Å². The summed E-state index contributed by atoms with van der Waals surface area (Å²) >= 11 is 0. The normalized spacial score (nSPS) is 13.0. The zero-order valence-electron chi connectivity index (χ0n) is 53.6. The fourth-order valence-corrected chi connectivity index (χ4v) is 9.13. The van der Waals surface area contributed by atoms with Crippen molar-refractivity contribution in [3.63, 3.8) is 0 Å². The summed E-state index contributed by atoms with van der Waals surface area (Å²) in [7, 11) is 0. The third-order valence-corrected chi connectivity index (χ3v) is 14.3. The molecule has 12 N–H and O–H groups in total. The van der Waals surface area contributed by atoms with E-state index in [2.05, 4.69) is 26.6 Å². The Morgan fingerprint density at radius 3 is 1.47 bits per heavy atom. The first-order valence-electron chi connectivity index (χ1n) is 32.1. The van der Waals surface area contributed by atoms with Crippen LogP contribution in [-0.2, 0) is 76.5 Å². The summed E-state index contributed by atoms with van der Waals surface area (Å²) in [6.07, 6.45) is 16.9. The fraction of sp³-hybridized carbons (Fsp3) is 0.806. The lowest BCUT2D eigenvalue weighted by Gasteiger charge is -2.20. The Balaban J connectivity index is 0. The predicted molar refractivity (Wildman–Crippen MR) is 329 cm³/mol. The molecule has 89 heavy (non-hydrogen) atoms. The van der Waals surface area contributed by atoms with E-state index < -0.39 is 71.6 Å². The van der Waals surface area contributed by atoms with Crippen LogP contribution in [0.1, 0.15) is 214 Å². The molecule has 0 bridgehead atoms. The summed E-state index contributed by atoms with van der Waals surface area (Å²) in [5.41, 5.74) is 5.23. The largest absolute Gasteiger partial charge is 0.481 e. The molecule has 27 heteroatoms. The molecule has 0 unspecified atom stereocenters. The molecule has 0 aromatic rings. The van der Waals surface area contributed by atoms with Gasteiger partial charge in [-0.3, -0.25) is 53.3 Å². The summed E-state index contributed by atoms with van der Waals surface area (Å²) in [6, 6.07) is -3.48. The van der Waals surface area contributed by atoms with Gasteiger partial charge in [-0.05, 0) is 78.6 Å². The minimum absolute atomic E-state index is 0.00714. The number of aliphatic carboxylic acids is 4. The molecule has 0 fully saturated rings. The van der Waals surface area contributed by atoms with Gasteiger partial charge in [0, 0.05) is 77.2 Å². The Morgan fingerprint density at radius 2 is 0.955 bits per heavy atom. The van der Waals surface area contributed by atoms with Gasteiger partial charge in [-0.2, -0.15) is 0 Å². The number of ketones is 3. The SMILES string of the molecule is CCNC(=O)CC[C@H](CC(=O)CC[C@H](NC(=O)CCCCCCCCCCCCCCCCC(=O)O)C(=O)O)C(=O)O.CCOCCOCC(=O)CCCOCCOCC(=O)N[C@@H](CCC(=O)NCCCC[C@H](CC)C(=O)CN[C@H](C(N)=O)[C@@H](C)O)C(=O)O. The highest BCUT2D eigenvalue weighted by molar-refractivity contribution is 5.88. The van der Waals surface area contributed by atoms with Crippen LogP contribution in [0.2, 0.25) is 0 Å². The molecule has 0 aromatic heterocycles. The van der Waals surface area contributed by atoms with Gasteiger partial charge in [-0.1, -0.05) is 90.4 Å². The third-order valence-electron chi connectivity index (χ3n) is 14.3. The van der Waals surface area contributed by atoms with Gasteiger partial charge < -0.3 is 71.5 Å². The first-order valence-corrected chi connectivity index (χ1v) is 32.1. The van der Waals surface area contributed by atoms with Gasteiger partial charge in [0.15, 0.2) is 5.78 Å². The maximum Gasteiger partial charge on any atom is 0.326 e. The lowest BCUT2D eigenvalue weighted by molar-refractivity contribution is -0.145. The standard InChI is InChI=1S/C31H56N4O12.C31H54N2O9/c1-4-23(26(38)19-34-29(22(3)36)30(32)41)9-6-7-13-33-27(39)12-11-25(31(42)43)35-28(40)21-47-18-16-45-14-8-10-24(37)20-46-17-15-44-5-2;1-2-32-27(35)22-19-24(30(39)40)23-25(34)20-21-26(31(41)42)33-28(36)17-15-13-11-9-7-5-3-4-6-8-10-12-14-16-18-29(37)38/h22-23,25,29,34,36H,4-21H2,1-3H3,(H2,32,41)(H,33,39)(H,35,40)(H,42,43);24,26H,2-23H2,1H3,(H,32,35)(H,33,36)(H,37,38)(H,39,40)(H,41,42)/t22-,23+,25+,29+;24-,26+/m11/s1. The van der Waals surface area contributed by atoms with Crippen LogP contribution < -0.4 is 32.3 Å². The van der Waals surface area contributed by atoms with Crippen LogP contribution in [-0.4, -0.2) is 193 Å². The number of carbonyl (C=O) groups excluding carboxylic acids is 8. The van der Waals surface area contributed by atoms with Gasteiger partial charge in [-0.15, -0.1) is 0 Å². The van der Waals surface area contributed by atoms with Crippen molar-refractivity contribution in [2.24, 2.45) is 17.6 Å². The Morgan fingerprint density at radius 1 is 0.449 bits per heavy atom. The summed E-state index contributed by atoms with van der Waals surface area (Å²) in [4.78, 5) is 141. The summed E-state index contributed by atoms with van der Waals surface area (Å²) < 4.78 is 20.9. The highest BCUT2D eigenvalue weighted by Crippen LogP contribution is 2.18. The van der Waals surface area contributed by atoms with Crippen LogP contribution in [0.5, 0.6) is 0 Å². The number of hydrogen-bond acceptors (Lipinski definition) is 18. The van der Waals surface area contributed by atoms with Gasteiger partial charge in [0.2, 0.25) is 29.5 Å². The Bertz CT molecular complexity index is 2030. The van der Waals surface area contributed by atoms with Crippen LogP contribution in [0, 0.1) is 11.8 Å². The molecular weight excluding hydrogens is 1160 g/mol. The Hall–Kier alpha value is -6.00. The van der Waals surface area contributed by atoms with Crippen molar-refractivity contribution >= 4 is 70.8 Å². The minimum atomic E-state index is -1.27. The van der Waals surface area contributed by atoms with E-state index in [4.69, 9.17) is 29.8 Å². The van der Waals surface area contributed by atoms with Crippen LogP contribution in [0.3, 0.4) is 0 Å². The number of aliphatic hydroxyl groups excluding tert-OH is 1. The Labute approximate surface area is 525 Å². The van der Waals surface area contributed by atoms with Crippen molar-refractivity contribution in [3.05, 3.63) is 0 Å². The number of ether oxygens (including phenoxy) is 4. The zero-order chi connectivity index (χ0) is 67.0. The number of carboxylic acid groups (broad SMARTS) is 4. The molecule has 0 aliphatic carbocycles. The maximum atomic E-state index is 12.5. The van der Waals surface area contributed by atoms with E-state index in [1.807, 2.05) is 13.8 Å². The number of aliphatic hydroxyl groups is 1. The average molecular weight is 1280 g/mol. The van der Waals surface area contributed by atoms with E-state index in [1.165, 1.54) is 45.4 Å². The Kier molecular flexibility index (Phi) is 54.6. The van der Waals surface area contributed by atoms with Crippen molar-refractivity contribution < 1.29 is 102 Å². The van der Waals surface area contributed by atoms with Gasteiger partial charge in [0.25, 0.3) is 0 Å². The highest BCUT2D eigenvalue weighted by Gasteiger charge is 2.27. The molecule has 6 atom stereocenters. The zero-order valence-corrected chi connectivity index (χ0v) is 53.6. The molecule has 0 radical (unpaired) electrons. The van der Waals surface area contributed by atoms with Crippen molar-refractivity contribution in [2.45, 2.75) is 238 Å². The summed E-state index contributed by atoms with van der Waals surface area (Å²) in [6.45, 7) is 9.31. The van der Waals surface area contributed by atoms with Gasteiger partial charge in [0.05, 0.1) is 45.0 Å². The van der Waals surface area contributed by atoms with Crippen molar-refractivity contribution in [1.29, 1.82) is 0 Å². The molecule has 0 rings (SSSR count). The summed E-state index contributed by atoms with van der Waals surface area (Å²) in [5.74, 6) is -8.61. The number of Topliss-reactive ketones (excluding diaryl/α,β-unsaturated/α-hetero) is 3. The predicted octanol–water partition coefficient (Wildman–Crippen LogP) is 4.72. The molecular formula is C62H110N6O21. The first-order chi connectivity index (χ1) is 42.5. The monoisotopic (exact) mass is 1270 g/mol.